The van der Waals surface area contributed by atoms with Gasteiger partial charge in [0, 0.05) is 4.90 Å². The zero-order valence-corrected chi connectivity index (χ0v) is 13.9. The lowest BCUT2D eigenvalue weighted by atomic mass is 9.87. The molecule has 1 aromatic carbocycles. The summed E-state index contributed by atoms with van der Waals surface area (Å²) < 4.78 is 0. The first kappa shape index (κ1) is 17.1. The second-order valence-electron chi connectivity index (χ2n) is 6.61. The minimum absolute atomic E-state index is 0.214. The Balaban J connectivity index is 2.32. The highest BCUT2D eigenvalue weighted by Crippen LogP contribution is 2.26. The van der Waals surface area contributed by atoms with Crippen LogP contribution in [0.2, 0.25) is 0 Å². The smallest absolute Gasteiger partial charge is 0.101 e. The lowest BCUT2D eigenvalue weighted by molar-refractivity contribution is 0.519. The van der Waals surface area contributed by atoms with E-state index in [4.69, 9.17) is 11.0 Å². The van der Waals surface area contributed by atoms with Gasteiger partial charge in [-0.3, -0.25) is 0 Å². The van der Waals surface area contributed by atoms with Crippen molar-refractivity contribution in [3.05, 3.63) is 29.8 Å². The van der Waals surface area contributed by atoms with E-state index in [1.165, 1.54) is 10.5 Å². The second kappa shape index (κ2) is 7.15. The molecular formula is C17H26N2S. The van der Waals surface area contributed by atoms with Gasteiger partial charge in [0.05, 0.1) is 6.07 Å². The average molecular weight is 290 g/mol. The number of thioether (sulfide) groups is 1. The Hall–Kier alpha value is -0.980. The van der Waals surface area contributed by atoms with Crippen molar-refractivity contribution in [2.45, 2.75) is 62.8 Å². The predicted molar refractivity (Wildman–Crippen MR) is 87.9 cm³/mol. The first-order valence-electron chi connectivity index (χ1n) is 7.18. The van der Waals surface area contributed by atoms with Crippen LogP contribution in [0.15, 0.2) is 29.2 Å². The molecule has 1 unspecified atom stereocenters. The molecule has 0 aliphatic heterocycles. The number of rotatable bonds is 6. The van der Waals surface area contributed by atoms with Crippen LogP contribution in [0, 0.1) is 11.3 Å². The fourth-order valence-electron chi connectivity index (χ4n) is 1.89. The molecule has 2 nitrogen and oxygen atoms in total. The summed E-state index contributed by atoms with van der Waals surface area (Å²) in [6.45, 7) is 8.49. The van der Waals surface area contributed by atoms with Crippen molar-refractivity contribution in [3.63, 3.8) is 0 Å². The van der Waals surface area contributed by atoms with Crippen LogP contribution in [0.5, 0.6) is 0 Å². The van der Waals surface area contributed by atoms with Gasteiger partial charge in [-0.2, -0.15) is 5.26 Å². The van der Waals surface area contributed by atoms with Crippen LogP contribution in [0.4, 0.5) is 0 Å². The third-order valence-corrected chi connectivity index (χ3v) is 4.43. The molecule has 0 fully saturated rings. The van der Waals surface area contributed by atoms with Gasteiger partial charge in [-0.05, 0) is 55.1 Å². The van der Waals surface area contributed by atoms with E-state index < -0.39 is 5.54 Å². The summed E-state index contributed by atoms with van der Waals surface area (Å²) in [7, 11) is 0. The summed E-state index contributed by atoms with van der Waals surface area (Å²) >= 11 is 1.87. The molecule has 20 heavy (non-hydrogen) atoms. The van der Waals surface area contributed by atoms with Gasteiger partial charge in [-0.25, -0.2) is 0 Å². The maximum absolute atomic E-state index is 8.84. The van der Waals surface area contributed by atoms with Gasteiger partial charge >= 0.3 is 0 Å². The SMILES string of the molecule is CC(N)(C#N)CCCCSc1ccc(C(C)(C)C)cc1. The molecule has 1 atom stereocenters. The lowest BCUT2D eigenvalue weighted by Gasteiger charge is -2.19. The van der Waals surface area contributed by atoms with Gasteiger partial charge < -0.3 is 5.73 Å². The molecule has 3 heteroatoms. The Morgan fingerprint density at radius 1 is 1.10 bits per heavy atom. The van der Waals surface area contributed by atoms with Crippen LogP contribution >= 0.6 is 11.8 Å². The highest BCUT2D eigenvalue weighted by molar-refractivity contribution is 7.99. The maximum Gasteiger partial charge on any atom is 0.101 e. The van der Waals surface area contributed by atoms with Crippen LogP contribution in [0.3, 0.4) is 0 Å². The number of hydrogen-bond donors (Lipinski definition) is 1. The van der Waals surface area contributed by atoms with E-state index in [9.17, 15) is 0 Å². The number of hydrogen-bond acceptors (Lipinski definition) is 3. The summed E-state index contributed by atoms with van der Waals surface area (Å²) in [6.07, 6.45) is 2.88. The van der Waals surface area contributed by atoms with Crippen molar-refractivity contribution < 1.29 is 0 Å². The molecule has 110 valence electrons. The molecule has 0 saturated carbocycles. The van der Waals surface area contributed by atoms with Crippen molar-refractivity contribution >= 4 is 11.8 Å². The number of nitrogens with two attached hydrogens (primary N) is 1. The monoisotopic (exact) mass is 290 g/mol. The van der Waals surface area contributed by atoms with E-state index in [1.807, 2.05) is 11.8 Å². The topological polar surface area (TPSA) is 49.8 Å². The number of nitrogens with zero attached hydrogens (tertiary/aromatic N) is 1. The molecular weight excluding hydrogens is 264 g/mol. The summed E-state index contributed by atoms with van der Waals surface area (Å²) in [5, 5.41) is 8.84. The van der Waals surface area contributed by atoms with Crippen LogP contribution in [0.1, 0.15) is 52.5 Å². The lowest BCUT2D eigenvalue weighted by Crippen LogP contribution is -2.33. The zero-order chi connectivity index (χ0) is 15.2. The Bertz CT molecular complexity index is 449. The predicted octanol–water partition coefficient (Wildman–Crippen LogP) is 4.49. The second-order valence-corrected chi connectivity index (χ2v) is 7.78. The first-order valence-corrected chi connectivity index (χ1v) is 8.17. The minimum Gasteiger partial charge on any atom is -0.314 e. The Morgan fingerprint density at radius 3 is 2.20 bits per heavy atom. The third-order valence-electron chi connectivity index (χ3n) is 3.33. The van der Waals surface area contributed by atoms with Crippen molar-refractivity contribution in [2.24, 2.45) is 5.73 Å². The third kappa shape index (κ3) is 5.98. The highest BCUT2D eigenvalue weighted by atomic mass is 32.2. The standard InChI is InChI=1S/C17H26N2S/c1-16(2,3)14-7-9-15(10-8-14)20-12-6-5-11-17(4,19)13-18/h7-10H,5-6,11-12,19H2,1-4H3. The largest absolute Gasteiger partial charge is 0.314 e. The Kier molecular flexibility index (Phi) is 6.10. The van der Waals surface area contributed by atoms with Crippen molar-refractivity contribution in [3.8, 4) is 6.07 Å². The minimum atomic E-state index is -0.668. The molecule has 0 heterocycles. The Labute approximate surface area is 127 Å². The van der Waals surface area contributed by atoms with Gasteiger partial charge in [0.1, 0.15) is 5.54 Å². The van der Waals surface area contributed by atoms with E-state index in [1.54, 1.807) is 6.92 Å². The molecule has 0 aliphatic rings. The van der Waals surface area contributed by atoms with Crippen LogP contribution in [-0.4, -0.2) is 11.3 Å². The molecule has 1 aromatic rings. The highest BCUT2D eigenvalue weighted by Gasteiger charge is 2.16. The fourth-order valence-corrected chi connectivity index (χ4v) is 2.80. The molecule has 0 aliphatic carbocycles. The summed E-state index contributed by atoms with van der Waals surface area (Å²) in [5.74, 6) is 1.08. The van der Waals surface area contributed by atoms with Gasteiger partial charge in [0.25, 0.3) is 0 Å². The Morgan fingerprint density at radius 2 is 1.70 bits per heavy atom. The first-order chi connectivity index (χ1) is 9.24. The fraction of sp³-hybridized carbons (Fsp3) is 0.588. The average Bonchev–Trinajstić information content (AvgIpc) is 2.38. The zero-order valence-electron chi connectivity index (χ0n) is 13.1. The molecule has 1 rings (SSSR count). The van der Waals surface area contributed by atoms with Crippen LogP contribution in [0.25, 0.3) is 0 Å². The van der Waals surface area contributed by atoms with E-state index in [0.29, 0.717) is 0 Å². The summed E-state index contributed by atoms with van der Waals surface area (Å²) in [5.41, 5.74) is 6.72. The number of unbranched alkanes of at least 4 members (excludes halogenated alkanes) is 1. The molecule has 0 saturated heterocycles. The molecule has 0 radical (unpaired) electrons. The van der Waals surface area contributed by atoms with Crippen LogP contribution < -0.4 is 5.73 Å². The summed E-state index contributed by atoms with van der Waals surface area (Å²) in [6, 6.07) is 11.0. The number of nitriles is 1. The molecule has 0 bridgehead atoms. The van der Waals surface area contributed by atoms with Crippen molar-refractivity contribution in [1.82, 2.24) is 0 Å². The summed E-state index contributed by atoms with van der Waals surface area (Å²) in [4.78, 5) is 1.31. The van der Waals surface area contributed by atoms with E-state index >= 15 is 0 Å². The van der Waals surface area contributed by atoms with Crippen molar-refractivity contribution in [2.75, 3.05) is 5.75 Å². The van der Waals surface area contributed by atoms with E-state index in [2.05, 4.69) is 51.1 Å². The molecule has 0 aromatic heterocycles. The van der Waals surface area contributed by atoms with Gasteiger partial charge in [-0.15, -0.1) is 11.8 Å². The van der Waals surface area contributed by atoms with Gasteiger partial charge in [0.2, 0.25) is 0 Å². The quantitative estimate of drug-likeness (QED) is 0.620. The van der Waals surface area contributed by atoms with E-state index in [0.717, 1.165) is 25.0 Å². The van der Waals surface area contributed by atoms with Gasteiger partial charge in [-0.1, -0.05) is 32.9 Å². The van der Waals surface area contributed by atoms with Crippen LogP contribution in [-0.2, 0) is 5.41 Å². The molecule has 0 spiro atoms. The molecule has 2 N–H and O–H groups in total. The van der Waals surface area contributed by atoms with Crippen molar-refractivity contribution in [1.29, 1.82) is 5.26 Å². The normalized spacial score (nSPS) is 14.6. The van der Waals surface area contributed by atoms with Gasteiger partial charge in [0.15, 0.2) is 0 Å². The molecule has 0 amide bonds. The maximum atomic E-state index is 8.84. The number of benzene rings is 1. The van der Waals surface area contributed by atoms with E-state index in [-0.39, 0.29) is 5.41 Å².